The molecule has 0 saturated carbocycles. The second-order valence-electron chi connectivity index (χ2n) is 2.22. The number of hydrogen-bond acceptors (Lipinski definition) is 4. The van der Waals surface area contributed by atoms with Crippen LogP contribution in [0, 0.1) is 0 Å². The normalized spacial score (nSPS) is 12.9. The van der Waals surface area contributed by atoms with Crippen molar-refractivity contribution in [3.8, 4) is 0 Å². The fraction of sp³-hybridized carbons (Fsp3) is 0.429. The predicted octanol–water partition coefficient (Wildman–Crippen LogP) is 0.766. The summed E-state index contributed by atoms with van der Waals surface area (Å²) in [6.07, 6.45) is 1.59. The summed E-state index contributed by atoms with van der Waals surface area (Å²) in [5.74, 6) is 0.284. The van der Waals surface area contributed by atoms with Gasteiger partial charge in [0.2, 0.25) is 5.95 Å². The van der Waals surface area contributed by atoms with Crippen LogP contribution in [0.1, 0.15) is 18.7 Å². The van der Waals surface area contributed by atoms with Gasteiger partial charge in [-0.05, 0) is 13.0 Å². The predicted molar refractivity (Wildman–Crippen MR) is 41.9 cm³/mol. The molecular formula is C7H11N3O. The van der Waals surface area contributed by atoms with E-state index in [0.29, 0.717) is 0 Å². The molecule has 4 nitrogen and oxygen atoms in total. The van der Waals surface area contributed by atoms with E-state index in [1.807, 2.05) is 6.92 Å². The van der Waals surface area contributed by atoms with Gasteiger partial charge in [0.15, 0.2) is 0 Å². The summed E-state index contributed by atoms with van der Waals surface area (Å²) in [4.78, 5) is 7.75. The minimum Gasteiger partial charge on any atom is -0.375 e. The highest BCUT2D eigenvalue weighted by molar-refractivity contribution is 5.18. The first kappa shape index (κ1) is 7.94. The van der Waals surface area contributed by atoms with Crippen LogP contribution in [0.2, 0.25) is 0 Å². The summed E-state index contributed by atoms with van der Waals surface area (Å²) in [7, 11) is 1.63. The van der Waals surface area contributed by atoms with Crippen molar-refractivity contribution < 1.29 is 4.74 Å². The summed E-state index contributed by atoms with van der Waals surface area (Å²) >= 11 is 0. The van der Waals surface area contributed by atoms with Crippen molar-refractivity contribution in [3.63, 3.8) is 0 Å². The van der Waals surface area contributed by atoms with Gasteiger partial charge in [-0.3, -0.25) is 0 Å². The summed E-state index contributed by atoms with van der Waals surface area (Å²) in [5.41, 5.74) is 6.18. The Morgan fingerprint density at radius 2 is 2.36 bits per heavy atom. The molecule has 1 unspecified atom stereocenters. The number of hydrogen-bond donors (Lipinski definition) is 1. The third-order valence-electron chi connectivity index (χ3n) is 1.47. The molecule has 0 spiro atoms. The molecule has 0 aromatic carbocycles. The molecular weight excluding hydrogens is 142 g/mol. The number of anilines is 1. The van der Waals surface area contributed by atoms with Gasteiger partial charge in [0.1, 0.15) is 0 Å². The van der Waals surface area contributed by atoms with E-state index < -0.39 is 0 Å². The Bertz CT molecular complexity index is 239. The molecule has 60 valence electrons. The van der Waals surface area contributed by atoms with Crippen LogP contribution in [0.4, 0.5) is 5.95 Å². The molecule has 0 aliphatic carbocycles. The zero-order valence-electron chi connectivity index (χ0n) is 6.61. The van der Waals surface area contributed by atoms with Crippen LogP contribution >= 0.6 is 0 Å². The Morgan fingerprint density at radius 1 is 1.64 bits per heavy atom. The second-order valence-corrected chi connectivity index (χ2v) is 2.22. The van der Waals surface area contributed by atoms with Gasteiger partial charge in [0.05, 0.1) is 11.8 Å². The van der Waals surface area contributed by atoms with E-state index in [9.17, 15) is 0 Å². The highest BCUT2D eigenvalue weighted by Gasteiger charge is 2.04. The third-order valence-corrected chi connectivity index (χ3v) is 1.47. The molecule has 1 heterocycles. The van der Waals surface area contributed by atoms with E-state index in [4.69, 9.17) is 10.5 Å². The largest absolute Gasteiger partial charge is 0.375 e. The highest BCUT2D eigenvalue weighted by atomic mass is 16.5. The standard InChI is InChI=1S/C7H11N3O/c1-5(11-2)6-3-4-9-7(8)10-6/h3-5H,1-2H3,(H2,8,9,10). The van der Waals surface area contributed by atoms with Crippen molar-refractivity contribution >= 4 is 5.95 Å². The molecule has 1 aromatic heterocycles. The molecule has 1 aromatic rings. The molecule has 0 radical (unpaired) electrons. The molecule has 1 rings (SSSR count). The molecule has 0 saturated heterocycles. The Morgan fingerprint density at radius 3 is 2.91 bits per heavy atom. The Kier molecular flexibility index (Phi) is 2.38. The van der Waals surface area contributed by atoms with E-state index in [2.05, 4.69) is 9.97 Å². The van der Waals surface area contributed by atoms with E-state index in [0.717, 1.165) is 5.69 Å². The average molecular weight is 153 g/mol. The summed E-state index contributed by atoms with van der Waals surface area (Å²) in [6.45, 7) is 1.90. The summed E-state index contributed by atoms with van der Waals surface area (Å²) in [6, 6.07) is 1.78. The SMILES string of the molecule is COC(C)c1ccnc(N)n1. The number of aromatic nitrogens is 2. The molecule has 1 atom stereocenters. The fourth-order valence-corrected chi connectivity index (χ4v) is 0.736. The van der Waals surface area contributed by atoms with Crippen LogP contribution in [0.3, 0.4) is 0 Å². The van der Waals surface area contributed by atoms with Crippen molar-refractivity contribution in [2.75, 3.05) is 12.8 Å². The van der Waals surface area contributed by atoms with Crippen LogP contribution in [0.25, 0.3) is 0 Å². The van der Waals surface area contributed by atoms with Gasteiger partial charge in [-0.25, -0.2) is 9.97 Å². The highest BCUT2D eigenvalue weighted by Crippen LogP contribution is 2.11. The number of ether oxygens (including phenoxy) is 1. The molecule has 4 heteroatoms. The van der Waals surface area contributed by atoms with Crippen molar-refractivity contribution in [1.29, 1.82) is 0 Å². The quantitative estimate of drug-likeness (QED) is 0.681. The van der Waals surface area contributed by atoms with Crippen LogP contribution in [0.5, 0.6) is 0 Å². The maximum Gasteiger partial charge on any atom is 0.220 e. The topological polar surface area (TPSA) is 61.0 Å². The molecule has 0 bridgehead atoms. The van der Waals surface area contributed by atoms with E-state index in [1.54, 1.807) is 19.4 Å². The van der Waals surface area contributed by atoms with E-state index in [1.165, 1.54) is 0 Å². The minimum absolute atomic E-state index is 0.0275. The lowest BCUT2D eigenvalue weighted by molar-refractivity contribution is 0.116. The summed E-state index contributed by atoms with van der Waals surface area (Å²) < 4.78 is 5.05. The Labute approximate surface area is 65.4 Å². The van der Waals surface area contributed by atoms with Gasteiger partial charge < -0.3 is 10.5 Å². The van der Waals surface area contributed by atoms with Gasteiger partial charge in [-0.2, -0.15) is 0 Å². The van der Waals surface area contributed by atoms with Crippen molar-refractivity contribution in [3.05, 3.63) is 18.0 Å². The Balaban J connectivity index is 2.86. The first-order valence-electron chi connectivity index (χ1n) is 3.35. The van der Waals surface area contributed by atoms with Gasteiger partial charge in [-0.15, -0.1) is 0 Å². The fourth-order valence-electron chi connectivity index (χ4n) is 0.736. The lowest BCUT2D eigenvalue weighted by Gasteiger charge is -2.07. The lowest BCUT2D eigenvalue weighted by atomic mass is 10.3. The van der Waals surface area contributed by atoms with Crippen molar-refractivity contribution in [2.24, 2.45) is 0 Å². The Hall–Kier alpha value is -1.16. The molecule has 0 aliphatic heterocycles. The molecule has 2 N–H and O–H groups in total. The average Bonchev–Trinajstić information content (AvgIpc) is 2.03. The number of methoxy groups -OCH3 is 1. The van der Waals surface area contributed by atoms with Crippen LogP contribution in [-0.2, 0) is 4.74 Å². The number of nitrogen functional groups attached to an aromatic ring is 1. The second kappa shape index (κ2) is 3.30. The van der Waals surface area contributed by atoms with E-state index >= 15 is 0 Å². The molecule has 11 heavy (non-hydrogen) atoms. The number of rotatable bonds is 2. The molecule has 0 amide bonds. The first-order valence-corrected chi connectivity index (χ1v) is 3.35. The van der Waals surface area contributed by atoms with Gasteiger partial charge in [0.25, 0.3) is 0 Å². The zero-order valence-corrected chi connectivity index (χ0v) is 6.61. The monoisotopic (exact) mass is 153 g/mol. The minimum atomic E-state index is -0.0275. The van der Waals surface area contributed by atoms with Gasteiger partial charge >= 0.3 is 0 Å². The van der Waals surface area contributed by atoms with Crippen molar-refractivity contribution in [1.82, 2.24) is 9.97 Å². The van der Waals surface area contributed by atoms with Crippen molar-refractivity contribution in [2.45, 2.75) is 13.0 Å². The smallest absolute Gasteiger partial charge is 0.220 e. The summed E-state index contributed by atoms with van der Waals surface area (Å²) in [5, 5.41) is 0. The first-order chi connectivity index (χ1) is 5.24. The lowest BCUT2D eigenvalue weighted by Crippen LogP contribution is -2.02. The molecule has 0 fully saturated rings. The number of nitrogens with zero attached hydrogens (tertiary/aromatic N) is 2. The number of nitrogens with two attached hydrogens (primary N) is 1. The van der Waals surface area contributed by atoms with Crippen LogP contribution in [-0.4, -0.2) is 17.1 Å². The maximum atomic E-state index is 5.37. The van der Waals surface area contributed by atoms with Gasteiger partial charge in [0, 0.05) is 13.3 Å². The zero-order chi connectivity index (χ0) is 8.27. The maximum absolute atomic E-state index is 5.37. The van der Waals surface area contributed by atoms with Crippen LogP contribution < -0.4 is 5.73 Å². The molecule has 0 aliphatic rings. The van der Waals surface area contributed by atoms with Crippen LogP contribution in [0.15, 0.2) is 12.3 Å². The van der Waals surface area contributed by atoms with Gasteiger partial charge in [-0.1, -0.05) is 0 Å². The van der Waals surface area contributed by atoms with E-state index in [-0.39, 0.29) is 12.1 Å². The third kappa shape index (κ3) is 1.88.